The number of carboxylic acid groups (broad SMARTS) is 2. The zero-order valence-electron chi connectivity index (χ0n) is 15.9. The number of carboxylic acids is 2. The highest BCUT2D eigenvalue weighted by Crippen LogP contribution is 2.38. The number of aryl methyl sites for hydroxylation is 2. The van der Waals surface area contributed by atoms with Crippen molar-refractivity contribution in [3.05, 3.63) is 93.5 Å². The molecular weight excluding hydrogens is 372 g/mol. The van der Waals surface area contributed by atoms with Gasteiger partial charge in [0, 0.05) is 5.92 Å². The molecule has 4 N–H and O–H groups in total. The molecule has 6 nitrogen and oxygen atoms in total. The molecule has 0 amide bonds. The lowest BCUT2D eigenvalue weighted by molar-refractivity contribution is 0.0682. The highest BCUT2D eigenvalue weighted by atomic mass is 16.4. The Balaban J connectivity index is 2.32. The maximum Gasteiger partial charge on any atom is 0.339 e. The van der Waals surface area contributed by atoms with Gasteiger partial charge in [-0.1, -0.05) is 42.5 Å². The third-order valence-electron chi connectivity index (χ3n) is 4.91. The van der Waals surface area contributed by atoms with E-state index in [2.05, 4.69) is 0 Å². The molecule has 3 aromatic carbocycles. The molecule has 0 aromatic heterocycles. The molecule has 29 heavy (non-hydrogen) atoms. The van der Waals surface area contributed by atoms with Crippen molar-refractivity contribution in [2.24, 2.45) is 0 Å². The van der Waals surface area contributed by atoms with Crippen LogP contribution in [0.3, 0.4) is 0 Å². The molecule has 0 aliphatic carbocycles. The first-order valence-corrected chi connectivity index (χ1v) is 8.89. The van der Waals surface area contributed by atoms with Crippen LogP contribution in [0.25, 0.3) is 0 Å². The molecule has 3 rings (SSSR count). The molecule has 0 bridgehead atoms. The minimum absolute atomic E-state index is 0.227. The van der Waals surface area contributed by atoms with E-state index in [-0.39, 0.29) is 22.6 Å². The molecule has 0 aliphatic heterocycles. The number of aromatic carboxylic acids is 2. The SMILES string of the molecule is Cc1cc(C(c2ccccc2)c2cc(C)c(O)c(C(=O)O)c2)cc(C(=O)O)c1O. The molecule has 0 saturated carbocycles. The van der Waals surface area contributed by atoms with E-state index in [1.807, 2.05) is 30.3 Å². The summed E-state index contributed by atoms with van der Waals surface area (Å²) < 4.78 is 0. The molecule has 0 spiro atoms. The van der Waals surface area contributed by atoms with E-state index < -0.39 is 17.9 Å². The van der Waals surface area contributed by atoms with Gasteiger partial charge in [0.25, 0.3) is 0 Å². The molecule has 0 saturated heterocycles. The van der Waals surface area contributed by atoms with Crippen LogP contribution >= 0.6 is 0 Å². The van der Waals surface area contributed by atoms with E-state index in [0.29, 0.717) is 22.3 Å². The second kappa shape index (κ2) is 7.67. The van der Waals surface area contributed by atoms with E-state index in [9.17, 15) is 30.0 Å². The zero-order chi connectivity index (χ0) is 21.3. The Labute approximate surface area is 167 Å². The number of phenols is 2. The van der Waals surface area contributed by atoms with Gasteiger partial charge in [0.05, 0.1) is 0 Å². The Hall–Kier alpha value is -3.80. The minimum Gasteiger partial charge on any atom is -0.507 e. The quantitative estimate of drug-likeness (QED) is 0.482. The summed E-state index contributed by atoms with van der Waals surface area (Å²) in [6.45, 7) is 3.22. The summed E-state index contributed by atoms with van der Waals surface area (Å²) in [7, 11) is 0. The van der Waals surface area contributed by atoms with Crippen molar-refractivity contribution >= 4 is 11.9 Å². The van der Waals surface area contributed by atoms with Gasteiger partial charge in [0.15, 0.2) is 0 Å². The third-order valence-corrected chi connectivity index (χ3v) is 4.91. The average Bonchev–Trinajstić information content (AvgIpc) is 2.67. The highest BCUT2D eigenvalue weighted by molar-refractivity contribution is 5.92. The topological polar surface area (TPSA) is 115 Å². The summed E-state index contributed by atoms with van der Waals surface area (Å²) in [5.74, 6) is -3.62. The van der Waals surface area contributed by atoms with Crippen molar-refractivity contribution in [3.8, 4) is 11.5 Å². The number of rotatable bonds is 5. The van der Waals surface area contributed by atoms with Crippen LogP contribution in [0.2, 0.25) is 0 Å². The smallest absolute Gasteiger partial charge is 0.339 e. The number of benzene rings is 3. The standard InChI is InChI=1S/C23H20O6/c1-12-8-15(10-17(20(12)24)22(26)27)19(14-6-4-3-5-7-14)16-9-13(2)21(25)18(11-16)23(28)29/h3-11,19,24-25H,1-2H3,(H,26,27)(H,28,29). The maximum absolute atomic E-state index is 11.6. The van der Waals surface area contributed by atoms with Crippen molar-refractivity contribution in [2.75, 3.05) is 0 Å². The van der Waals surface area contributed by atoms with Gasteiger partial charge in [-0.3, -0.25) is 0 Å². The van der Waals surface area contributed by atoms with Gasteiger partial charge in [-0.25, -0.2) is 9.59 Å². The van der Waals surface area contributed by atoms with E-state index in [0.717, 1.165) is 5.56 Å². The lowest BCUT2D eigenvalue weighted by Crippen LogP contribution is -2.09. The summed E-state index contributed by atoms with van der Waals surface area (Å²) in [6, 6.07) is 15.4. The second-order valence-electron chi connectivity index (χ2n) is 6.92. The maximum atomic E-state index is 11.6. The number of hydrogen-bond donors (Lipinski definition) is 4. The fourth-order valence-electron chi connectivity index (χ4n) is 3.50. The van der Waals surface area contributed by atoms with Gasteiger partial charge in [-0.05, 0) is 53.8 Å². The normalized spacial score (nSPS) is 10.9. The zero-order valence-corrected chi connectivity index (χ0v) is 15.9. The van der Waals surface area contributed by atoms with Gasteiger partial charge in [0.2, 0.25) is 0 Å². The Kier molecular flexibility index (Phi) is 5.28. The van der Waals surface area contributed by atoms with Crippen molar-refractivity contribution in [1.82, 2.24) is 0 Å². The fraction of sp³-hybridized carbons (Fsp3) is 0.130. The summed E-state index contributed by atoms with van der Waals surface area (Å²) >= 11 is 0. The minimum atomic E-state index is -1.26. The van der Waals surface area contributed by atoms with Crippen LogP contribution in [0, 0.1) is 13.8 Å². The number of aromatic hydroxyl groups is 2. The van der Waals surface area contributed by atoms with Gasteiger partial charge >= 0.3 is 11.9 Å². The number of hydrogen-bond acceptors (Lipinski definition) is 4. The number of carbonyl (C=O) groups is 2. The van der Waals surface area contributed by atoms with Gasteiger partial charge < -0.3 is 20.4 Å². The Morgan fingerprint density at radius 1 is 0.690 bits per heavy atom. The average molecular weight is 392 g/mol. The highest BCUT2D eigenvalue weighted by Gasteiger charge is 2.24. The van der Waals surface area contributed by atoms with Crippen LogP contribution in [-0.4, -0.2) is 32.4 Å². The van der Waals surface area contributed by atoms with Crippen LogP contribution < -0.4 is 0 Å². The summed E-state index contributed by atoms with van der Waals surface area (Å²) in [5.41, 5.74) is 2.33. The van der Waals surface area contributed by atoms with Crippen LogP contribution in [0.4, 0.5) is 0 Å². The molecule has 0 aliphatic rings. The molecule has 0 unspecified atom stereocenters. The van der Waals surface area contributed by atoms with Crippen molar-refractivity contribution in [2.45, 2.75) is 19.8 Å². The van der Waals surface area contributed by atoms with E-state index in [1.54, 1.807) is 26.0 Å². The summed E-state index contributed by atoms with van der Waals surface area (Å²) in [5, 5.41) is 39.2. The summed E-state index contributed by atoms with van der Waals surface area (Å²) in [6.07, 6.45) is 0. The van der Waals surface area contributed by atoms with E-state index >= 15 is 0 Å². The fourth-order valence-corrected chi connectivity index (χ4v) is 3.50. The van der Waals surface area contributed by atoms with Gasteiger partial charge in [-0.2, -0.15) is 0 Å². The van der Waals surface area contributed by atoms with Crippen molar-refractivity contribution in [1.29, 1.82) is 0 Å². The van der Waals surface area contributed by atoms with Crippen molar-refractivity contribution in [3.63, 3.8) is 0 Å². The predicted octanol–water partition coefficient (Wildman–Crippen LogP) is 4.29. The third kappa shape index (κ3) is 3.78. The van der Waals surface area contributed by atoms with Gasteiger partial charge in [-0.15, -0.1) is 0 Å². The Bertz CT molecular complexity index is 1030. The van der Waals surface area contributed by atoms with Crippen LogP contribution in [-0.2, 0) is 0 Å². The molecule has 0 fully saturated rings. The monoisotopic (exact) mass is 392 g/mol. The molecule has 0 atom stereocenters. The lowest BCUT2D eigenvalue weighted by atomic mass is 9.82. The van der Waals surface area contributed by atoms with E-state index in [4.69, 9.17) is 0 Å². The first-order chi connectivity index (χ1) is 13.7. The van der Waals surface area contributed by atoms with Crippen molar-refractivity contribution < 1.29 is 30.0 Å². The molecule has 0 radical (unpaired) electrons. The summed E-state index contributed by atoms with van der Waals surface area (Å²) in [4.78, 5) is 23.2. The second-order valence-corrected chi connectivity index (χ2v) is 6.92. The Morgan fingerprint density at radius 2 is 1.10 bits per heavy atom. The molecule has 148 valence electrons. The molecule has 6 heteroatoms. The molecular formula is C23H20O6. The largest absolute Gasteiger partial charge is 0.507 e. The van der Waals surface area contributed by atoms with Crippen LogP contribution in [0.15, 0.2) is 54.6 Å². The van der Waals surface area contributed by atoms with Gasteiger partial charge in [0.1, 0.15) is 22.6 Å². The Morgan fingerprint density at radius 3 is 1.48 bits per heavy atom. The molecule has 0 heterocycles. The first-order valence-electron chi connectivity index (χ1n) is 8.89. The first kappa shape index (κ1) is 19.9. The van der Waals surface area contributed by atoms with Crippen LogP contribution in [0.1, 0.15) is 54.5 Å². The lowest BCUT2D eigenvalue weighted by Gasteiger charge is -2.22. The predicted molar refractivity (Wildman–Crippen MR) is 107 cm³/mol. The van der Waals surface area contributed by atoms with Crippen LogP contribution in [0.5, 0.6) is 11.5 Å². The molecule has 3 aromatic rings. The van der Waals surface area contributed by atoms with E-state index in [1.165, 1.54) is 12.1 Å².